The maximum Gasteiger partial charge on any atom is 0.311 e. The summed E-state index contributed by atoms with van der Waals surface area (Å²) in [5.41, 5.74) is 4.35. The van der Waals surface area contributed by atoms with Gasteiger partial charge in [-0.05, 0) is 60.9 Å². The summed E-state index contributed by atoms with van der Waals surface area (Å²) in [5.74, 6) is 1.15. The number of esters is 1. The predicted molar refractivity (Wildman–Crippen MR) is 135 cm³/mol. The highest BCUT2D eigenvalue weighted by atomic mass is 16.5. The molecule has 0 aliphatic heterocycles. The van der Waals surface area contributed by atoms with Crippen LogP contribution < -0.4 is 4.74 Å². The maximum absolute atomic E-state index is 12.0. The van der Waals surface area contributed by atoms with E-state index in [0.717, 1.165) is 54.6 Å². The van der Waals surface area contributed by atoms with Crippen LogP contribution in [-0.4, -0.2) is 15.9 Å². The van der Waals surface area contributed by atoms with Gasteiger partial charge < -0.3 is 4.74 Å². The molecule has 0 N–H and O–H groups in total. The molecule has 3 aromatic rings. The van der Waals surface area contributed by atoms with Crippen molar-refractivity contribution in [3.8, 4) is 28.3 Å². The number of carbonyl (C=O) groups is 1. The number of allylic oxidation sites excluding steroid dienone is 1. The third kappa shape index (κ3) is 7.98. The zero-order valence-corrected chi connectivity index (χ0v) is 19.6. The minimum absolute atomic E-state index is 0.179. The Labute approximate surface area is 197 Å². The maximum atomic E-state index is 12.0. The van der Waals surface area contributed by atoms with E-state index in [1.165, 1.54) is 24.8 Å². The SMILES string of the molecule is C=CCCCCCC(=O)Oc1ccc(-c2ccc(-c3ncc(CCCCC)cn3)cc2)cc1. The van der Waals surface area contributed by atoms with E-state index in [1.54, 1.807) is 0 Å². The molecule has 0 saturated heterocycles. The van der Waals surface area contributed by atoms with E-state index >= 15 is 0 Å². The van der Waals surface area contributed by atoms with Gasteiger partial charge in [0, 0.05) is 24.4 Å². The second-order valence-corrected chi connectivity index (χ2v) is 8.34. The van der Waals surface area contributed by atoms with E-state index in [9.17, 15) is 4.79 Å². The fourth-order valence-corrected chi connectivity index (χ4v) is 3.66. The average molecular weight is 443 g/mol. The molecule has 0 aliphatic carbocycles. The molecule has 3 rings (SSSR count). The lowest BCUT2D eigenvalue weighted by Gasteiger charge is -2.07. The summed E-state index contributed by atoms with van der Waals surface area (Å²) >= 11 is 0. The number of nitrogens with zero attached hydrogens (tertiary/aromatic N) is 2. The standard InChI is InChI=1S/C29H34N2O2/c1-3-5-7-8-10-12-28(32)33-27-19-17-25(18-20-27)24-13-15-26(16-14-24)29-30-21-23(22-31-29)11-9-6-4-2/h3,13-22H,1,4-12H2,2H3. The van der Waals surface area contributed by atoms with Gasteiger partial charge in [0.25, 0.3) is 0 Å². The Kier molecular flexibility index (Phi) is 9.84. The Balaban J connectivity index is 1.53. The summed E-state index contributed by atoms with van der Waals surface area (Å²) < 4.78 is 5.45. The van der Waals surface area contributed by atoms with Crippen LogP contribution in [0.3, 0.4) is 0 Å². The van der Waals surface area contributed by atoms with Gasteiger partial charge in [0.05, 0.1) is 0 Å². The number of benzene rings is 2. The summed E-state index contributed by atoms with van der Waals surface area (Å²) in [7, 11) is 0. The molecule has 0 amide bonds. The van der Waals surface area contributed by atoms with Crippen LogP contribution in [-0.2, 0) is 11.2 Å². The molecule has 172 valence electrons. The Morgan fingerprint density at radius 2 is 1.48 bits per heavy atom. The van der Waals surface area contributed by atoms with Crippen molar-refractivity contribution >= 4 is 5.97 Å². The predicted octanol–water partition coefficient (Wildman–Crippen LogP) is 7.59. The van der Waals surface area contributed by atoms with E-state index in [0.29, 0.717) is 12.2 Å². The number of rotatable bonds is 13. The van der Waals surface area contributed by atoms with E-state index in [-0.39, 0.29) is 5.97 Å². The molecule has 4 heteroatoms. The van der Waals surface area contributed by atoms with Crippen molar-refractivity contribution in [1.82, 2.24) is 9.97 Å². The largest absolute Gasteiger partial charge is 0.427 e. The molecular formula is C29H34N2O2. The second-order valence-electron chi connectivity index (χ2n) is 8.34. The molecule has 1 aromatic heterocycles. The van der Waals surface area contributed by atoms with Crippen LogP contribution in [0, 0.1) is 0 Å². The average Bonchev–Trinajstić information content (AvgIpc) is 2.85. The number of unbranched alkanes of at least 4 members (excludes halogenated alkanes) is 5. The lowest BCUT2D eigenvalue weighted by Crippen LogP contribution is -2.07. The van der Waals surface area contributed by atoms with Crippen LogP contribution >= 0.6 is 0 Å². The zero-order chi connectivity index (χ0) is 23.3. The summed E-state index contributed by atoms with van der Waals surface area (Å²) in [4.78, 5) is 21.1. The Morgan fingerprint density at radius 1 is 0.848 bits per heavy atom. The van der Waals surface area contributed by atoms with Crippen molar-refractivity contribution < 1.29 is 9.53 Å². The highest BCUT2D eigenvalue weighted by molar-refractivity contribution is 5.73. The number of carbonyl (C=O) groups excluding carboxylic acids is 1. The van der Waals surface area contributed by atoms with E-state index in [2.05, 4.69) is 35.6 Å². The molecular weight excluding hydrogens is 408 g/mol. The summed E-state index contributed by atoms with van der Waals surface area (Å²) in [6, 6.07) is 15.9. The highest BCUT2D eigenvalue weighted by Gasteiger charge is 2.07. The van der Waals surface area contributed by atoms with Crippen molar-refractivity contribution in [3.05, 3.63) is 79.1 Å². The van der Waals surface area contributed by atoms with E-state index in [1.807, 2.05) is 54.9 Å². The van der Waals surface area contributed by atoms with Crippen molar-refractivity contribution in [3.63, 3.8) is 0 Å². The molecule has 33 heavy (non-hydrogen) atoms. The summed E-state index contributed by atoms with van der Waals surface area (Å²) in [6.07, 6.45) is 14.8. The first-order chi connectivity index (χ1) is 16.2. The quantitative estimate of drug-likeness (QED) is 0.118. The lowest BCUT2D eigenvalue weighted by molar-refractivity contribution is -0.134. The number of hydrogen-bond acceptors (Lipinski definition) is 4. The molecule has 0 spiro atoms. The van der Waals surface area contributed by atoms with Crippen molar-refractivity contribution in [1.29, 1.82) is 0 Å². The van der Waals surface area contributed by atoms with Crippen molar-refractivity contribution in [2.24, 2.45) is 0 Å². The molecule has 4 nitrogen and oxygen atoms in total. The molecule has 0 atom stereocenters. The minimum atomic E-state index is -0.179. The van der Waals surface area contributed by atoms with Crippen LogP contribution in [0.5, 0.6) is 5.75 Å². The van der Waals surface area contributed by atoms with Gasteiger partial charge in [-0.2, -0.15) is 0 Å². The highest BCUT2D eigenvalue weighted by Crippen LogP contribution is 2.25. The van der Waals surface area contributed by atoms with Gasteiger partial charge in [-0.25, -0.2) is 9.97 Å². The number of hydrogen-bond donors (Lipinski definition) is 0. The van der Waals surface area contributed by atoms with Crippen LogP contribution in [0.2, 0.25) is 0 Å². The van der Waals surface area contributed by atoms with Gasteiger partial charge >= 0.3 is 5.97 Å². The van der Waals surface area contributed by atoms with Gasteiger partial charge in [-0.3, -0.25) is 4.79 Å². The topological polar surface area (TPSA) is 52.1 Å². The van der Waals surface area contributed by atoms with Crippen LogP contribution in [0.15, 0.2) is 73.6 Å². The minimum Gasteiger partial charge on any atom is -0.427 e. The monoisotopic (exact) mass is 442 g/mol. The molecule has 0 fully saturated rings. The fraction of sp³-hybridized carbons (Fsp3) is 0.345. The van der Waals surface area contributed by atoms with Crippen molar-refractivity contribution in [2.75, 3.05) is 0 Å². The normalized spacial score (nSPS) is 10.7. The molecule has 0 radical (unpaired) electrons. The fourth-order valence-electron chi connectivity index (χ4n) is 3.66. The molecule has 1 heterocycles. The third-order valence-corrected chi connectivity index (χ3v) is 5.63. The lowest BCUT2D eigenvalue weighted by atomic mass is 10.0. The Morgan fingerprint density at radius 3 is 2.12 bits per heavy atom. The van der Waals surface area contributed by atoms with Crippen LogP contribution in [0.25, 0.3) is 22.5 Å². The zero-order valence-electron chi connectivity index (χ0n) is 19.6. The van der Waals surface area contributed by atoms with Gasteiger partial charge in [0.1, 0.15) is 5.75 Å². The molecule has 0 bridgehead atoms. The summed E-state index contributed by atoms with van der Waals surface area (Å²) in [6.45, 7) is 5.92. The molecule has 0 saturated carbocycles. The third-order valence-electron chi connectivity index (χ3n) is 5.63. The first-order valence-corrected chi connectivity index (χ1v) is 12.0. The molecule has 0 unspecified atom stereocenters. The van der Waals surface area contributed by atoms with Gasteiger partial charge in [-0.15, -0.1) is 6.58 Å². The second kappa shape index (κ2) is 13.3. The van der Waals surface area contributed by atoms with Gasteiger partial charge in [0.2, 0.25) is 0 Å². The number of ether oxygens (including phenoxy) is 1. The van der Waals surface area contributed by atoms with Crippen LogP contribution in [0.1, 0.15) is 63.9 Å². The Hall–Kier alpha value is -3.27. The van der Waals surface area contributed by atoms with Gasteiger partial charge in [-0.1, -0.05) is 68.7 Å². The van der Waals surface area contributed by atoms with Crippen LogP contribution in [0.4, 0.5) is 0 Å². The number of aryl methyl sites for hydroxylation is 1. The number of aromatic nitrogens is 2. The molecule has 2 aromatic carbocycles. The first-order valence-electron chi connectivity index (χ1n) is 12.0. The van der Waals surface area contributed by atoms with E-state index in [4.69, 9.17) is 4.74 Å². The first kappa shape index (κ1) is 24.4. The molecule has 0 aliphatic rings. The summed E-state index contributed by atoms with van der Waals surface area (Å²) in [5, 5.41) is 0. The van der Waals surface area contributed by atoms with Gasteiger partial charge in [0.15, 0.2) is 5.82 Å². The smallest absolute Gasteiger partial charge is 0.311 e. The Bertz CT molecular complexity index is 993. The van der Waals surface area contributed by atoms with Crippen molar-refractivity contribution in [2.45, 2.75) is 64.7 Å². The van der Waals surface area contributed by atoms with E-state index < -0.39 is 0 Å².